The summed E-state index contributed by atoms with van der Waals surface area (Å²) < 4.78 is 12.5. The summed E-state index contributed by atoms with van der Waals surface area (Å²) >= 11 is 0. The number of hydrogen-bond acceptors (Lipinski definition) is 9. The van der Waals surface area contributed by atoms with Crippen LogP contribution in [0.4, 0.5) is 0 Å². The van der Waals surface area contributed by atoms with E-state index in [4.69, 9.17) is 9.47 Å². The van der Waals surface area contributed by atoms with Gasteiger partial charge in [0.25, 0.3) is 5.62 Å². The molecule has 3 N–H and O–H groups in total. The molecule has 0 spiro atoms. The van der Waals surface area contributed by atoms with Gasteiger partial charge in [0.05, 0.1) is 25.0 Å². The van der Waals surface area contributed by atoms with Crippen molar-refractivity contribution in [3.05, 3.63) is 57.2 Å². The van der Waals surface area contributed by atoms with Crippen LogP contribution < -0.4 is 26.0 Å². The predicted molar refractivity (Wildman–Crippen MR) is 106 cm³/mol. The van der Waals surface area contributed by atoms with Gasteiger partial charge < -0.3 is 19.6 Å². The molecule has 0 amide bonds. The van der Waals surface area contributed by atoms with Crippen molar-refractivity contribution in [3.63, 3.8) is 0 Å². The van der Waals surface area contributed by atoms with Gasteiger partial charge in [-0.3, -0.25) is 9.97 Å². The molecule has 0 bridgehead atoms. The van der Waals surface area contributed by atoms with Crippen molar-refractivity contribution in [1.29, 1.82) is 0 Å². The fraction of sp³-hybridized carbons (Fsp3) is 0.263. The van der Waals surface area contributed by atoms with Crippen molar-refractivity contribution in [2.24, 2.45) is 4.99 Å². The van der Waals surface area contributed by atoms with Crippen molar-refractivity contribution >= 4 is 11.7 Å². The molecule has 31 heavy (non-hydrogen) atoms. The number of fused-ring (bicyclic) bond motifs is 1. The largest absolute Gasteiger partial charge is 0.497 e. The van der Waals surface area contributed by atoms with Crippen molar-refractivity contribution in [2.45, 2.75) is 25.5 Å². The highest BCUT2D eigenvalue weighted by Gasteiger charge is 2.21. The minimum Gasteiger partial charge on any atom is -0.497 e. The first-order valence-electron chi connectivity index (χ1n) is 9.53. The molecule has 0 aromatic carbocycles. The van der Waals surface area contributed by atoms with Gasteiger partial charge in [0.15, 0.2) is 5.65 Å². The van der Waals surface area contributed by atoms with Gasteiger partial charge in [0.1, 0.15) is 18.1 Å². The molecule has 1 fully saturated rings. The van der Waals surface area contributed by atoms with Gasteiger partial charge in [-0.1, -0.05) is 0 Å². The average molecular weight is 422 g/mol. The van der Waals surface area contributed by atoms with Gasteiger partial charge in [-0.15, -0.1) is 0 Å². The standard InChI is InChI=1S/C19H18N8O4/c1-30-13-4-5-20-12(7-13)9-31-19-24-15-10(6-14-16(28)25-18(29)23-14)8-21-27(15)17(26-19)22-11-2-3-11/h4-8,11,28H,2-3,9H2,1H3,(H2,23,25,29)/b10-6+,22-17?. The third kappa shape index (κ3) is 3.95. The lowest BCUT2D eigenvalue weighted by atomic mass is 10.3. The maximum atomic E-state index is 11.4. The predicted octanol–water partition coefficient (Wildman–Crippen LogP) is -0.560. The van der Waals surface area contributed by atoms with Crippen LogP contribution in [0.3, 0.4) is 0 Å². The van der Waals surface area contributed by atoms with E-state index in [1.807, 2.05) is 0 Å². The molecule has 0 aliphatic heterocycles. The molecule has 158 valence electrons. The third-order valence-electron chi connectivity index (χ3n) is 4.61. The monoisotopic (exact) mass is 422 g/mol. The van der Waals surface area contributed by atoms with Gasteiger partial charge >= 0.3 is 11.7 Å². The first kappa shape index (κ1) is 18.8. The average Bonchev–Trinajstić information content (AvgIpc) is 3.41. The molecule has 0 radical (unpaired) electrons. The van der Waals surface area contributed by atoms with E-state index < -0.39 is 5.69 Å². The van der Waals surface area contributed by atoms with Crippen LogP contribution in [0.25, 0.3) is 11.7 Å². The van der Waals surface area contributed by atoms with Crippen LogP contribution in [0.2, 0.25) is 0 Å². The number of nitrogens with one attached hydrogen (secondary N) is 2. The summed E-state index contributed by atoms with van der Waals surface area (Å²) in [4.78, 5) is 33.9. The Labute approximate surface area is 174 Å². The van der Waals surface area contributed by atoms with Crippen LogP contribution in [0.1, 0.15) is 24.2 Å². The zero-order valence-corrected chi connectivity index (χ0v) is 16.4. The lowest BCUT2D eigenvalue weighted by molar-refractivity contribution is 0.273. The molecule has 12 nitrogen and oxygen atoms in total. The van der Waals surface area contributed by atoms with E-state index >= 15 is 0 Å². The second-order valence-corrected chi connectivity index (χ2v) is 6.96. The third-order valence-corrected chi connectivity index (χ3v) is 4.61. The lowest BCUT2D eigenvalue weighted by Gasteiger charge is -2.06. The number of nitrogens with zero attached hydrogens (tertiary/aromatic N) is 6. The molecule has 1 saturated carbocycles. The summed E-state index contributed by atoms with van der Waals surface area (Å²) in [5.74, 6) is 0.393. The Balaban J connectivity index is 1.57. The molecule has 4 aromatic heterocycles. The molecule has 0 unspecified atom stereocenters. The van der Waals surface area contributed by atoms with Gasteiger partial charge in [-0.2, -0.15) is 19.6 Å². The normalized spacial score (nSPS) is 15.0. The van der Waals surface area contributed by atoms with Crippen LogP contribution in [-0.2, 0) is 6.61 Å². The number of aromatic hydroxyl groups is 1. The van der Waals surface area contributed by atoms with E-state index in [-0.39, 0.29) is 30.2 Å². The molecule has 1 aliphatic rings. The highest BCUT2D eigenvalue weighted by atomic mass is 16.5. The highest BCUT2D eigenvalue weighted by molar-refractivity contribution is 5.56. The zero-order valence-electron chi connectivity index (χ0n) is 16.4. The molecule has 5 rings (SSSR count). The molecular formula is C19H18N8O4. The Morgan fingerprint density at radius 3 is 2.97 bits per heavy atom. The number of aromatic amines is 2. The maximum Gasteiger partial charge on any atom is 0.326 e. The van der Waals surface area contributed by atoms with Crippen molar-refractivity contribution in [3.8, 4) is 17.6 Å². The minimum atomic E-state index is -0.519. The van der Waals surface area contributed by atoms with E-state index in [9.17, 15) is 9.90 Å². The number of pyridine rings is 1. The van der Waals surface area contributed by atoms with E-state index in [1.165, 1.54) is 4.52 Å². The van der Waals surface area contributed by atoms with Gasteiger partial charge in [0.2, 0.25) is 5.88 Å². The van der Waals surface area contributed by atoms with Crippen molar-refractivity contribution in [1.82, 2.24) is 34.5 Å². The Hall–Kier alpha value is -4.22. The quantitative estimate of drug-likeness (QED) is 0.373. The van der Waals surface area contributed by atoms with Crippen molar-refractivity contribution in [2.75, 3.05) is 7.11 Å². The number of ether oxygens (including phenoxy) is 2. The molecule has 0 saturated heterocycles. The first-order valence-corrected chi connectivity index (χ1v) is 9.53. The van der Waals surface area contributed by atoms with Gasteiger partial charge in [-0.25, -0.2) is 9.79 Å². The minimum absolute atomic E-state index is 0.110. The fourth-order valence-corrected chi connectivity index (χ4v) is 2.93. The smallest absolute Gasteiger partial charge is 0.326 e. The fourth-order valence-electron chi connectivity index (χ4n) is 2.93. The zero-order chi connectivity index (χ0) is 21.4. The maximum absolute atomic E-state index is 11.4. The Bertz CT molecular complexity index is 1430. The second-order valence-electron chi connectivity index (χ2n) is 6.96. The van der Waals surface area contributed by atoms with Gasteiger partial charge in [-0.05, 0) is 25.0 Å². The van der Waals surface area contributed by atoms with Crippen LogP contribution >= 0.6 is 0 Å². The summed E-state index contributed by atoms with van der Waals surface area (Å²) in [6.45, 7) is 0.134. The van der Waals surface area contributed by atoms with E-state index in [2.05, 4.69) is 35.0 Å². The van der Waals surface area contributed by atoms with Crippen LogP contribution in [0.15, 0.2) is 34.3 Å². The molecule has 12 heteroatoms. The Morgan fingerprint density at radius 2 is 2.23 bits per heavy atom. The SMILES string of the molecule is COc1ccnc(COc2nc(=NC3CC3)n3nc/c(=C\c4[nH]c(=O)[nH]c4O)c3n2)c1. The summed E-state index contributed by atoms with van der Waals surface area (Å²) in [6, 6.07) is 3.82. The number of hydrogen-bond donors (Lipinski definition) is 3. The number of rotatable bonds is 6. The van der Waals surface area contributed by atoms with Crippen molar-refractivity contribution < 1.29 is 14.6 Å². The Morgan fingerprint density at radius 1 is 1.35 bits per heavy atom. The van der Waals surface area contributed by atoms with Crippen LogP contribution in [0, 0.1) is 0 Å². The number of H-pyrrole nitrogens is 2. The Kier molecular flexibility index (Phi) is 4.58. The second kappa shape index (κ2) is 7.55. The lowest BCUT2D eigenvalue weighted by Crippen LogP contribution is -2.24. The topological polar surface area (TPSA) is 156 Å². The first-order chi connectivity index (χ1) is 15.1. The van der Waals surface area contributed by atoms with E-state index in [1.54, 1.807) is 37.7 Å². The summed E-state index contributed by atoms with van der Waals surface area (Å²) in [7, 11) is 1.58. The van der Waals surface area contributed by atoms with Crippen LogP contribution in [0.5, 0.6) is 17.6 Å². The van der Waals surface area contributed by atoms with Gasteiger partial charge in [0, 0.05) is 17.5 Å². The highest BCUT2D eigenvalue weighted by Crippen LogP contribution is 2.22. The number of aromatic nitrogens is 7. The molecule has 1 aliphatic carbocycles. The van der Waals surface area contributed by atoms with E-state index in [0.717, 1.165) is 12.8 Å². The molecular weight excluding hydrogens is 404 g/mol. The molecule has 4 aromatic rings. The number of imidazole rings is 1. The summed E-state index contributed by atoms with van der Waals surface area (Å²) in [5, 5.41) is 14.7. The summed E-state index contributed by atoms with van der Waals surface area (Å²) in [6.07, 6.45) is 6.72. The van der Waals surface area contributed by atoms with E-state index in [0.29, 0.717) is 27.9 Å². The molecule has 4 heterocycles. The van der Waals surface area contributed by atoms with Crippen LogP contribution in [-0.4, -0.2) is 52.8 Å². The molecule has 0 atom stereocenters. The number of methoxy groups -OCH3 is 1. The summed E-state index contributed by atoms with van der Waals surface area (Å²) in [5.41, 5.74) is 1.13.